The highest BCUT2D eigenvalue weighted by Gasteiger charge is 2.25. The maximum Gasteiger partial charge on any atom is 0.218 e. The summed E-state index contributed by atoms with van der Waals surface area (Å²) in [6, 6.07) is 4.14. The molecule has 1 fully saturated rings. The fraction of sp³-hybridized carbons (Fsp3) is 0.467. The average molecular weight is 315 g/mol. The summed E-state index contributed by atoms with van der Waals surface area (Å²) in [6.45, 7) is 1.79. The van der Waals surface area contributed by atoms with Crippen LogP contribution in [0.25, 0.3) is 0 Å². The predicted molar refractivity (Wildman–Crippen MR) is 89.0 cm³/mol. The minimum Gasteiger partial charge on any atom is -0.481 e. The van der Waals surface area contributed by atoms with Crippen molar-refractivity contribution >= 4 is 17.5 Å². The summed E-state index contributed by atoms with van der Waals surface area (Å²) in [7, 11) is 3.46. The molecule has 0 radical (unpaired) electrons. The highest BCUT2D eigenvalue weighted by molar-refractivity contribution is 5.50. The van der Waals surface area contributed by atoms with Gasteiger partial charge in [0.15, 0.2) is 0 Å². The lowest BCUT2D eigenvalue weighted by molar-refractivity contribution is 0.397. The van der Waals surface area contributed by atoms with Crippen molar-refractivity contribution in [3.05, 3.63) is 24.8 Å². The SMILES string of the molecule is CNc1cc(N2CCCC2CNc2cc(OC)ncn2)ncn1. The van der Waals surface area contributed by atoms with Gasteiger partial charge in [0.25, 0.3) is 0 Å². The molecule has 3 rings (SSSR count). The summed E-state index contributed by atoms with van der Waals surface area (Å²) in [5.74, 6) is 3.10. The summed E-state index contributed by atoms with van der Waals surface area (Å²) in [5, 5.41) is 6.41. The van der Waals surface area contributed by atoms with Crippen LogP contribution in [0.4, 0.5) is 17.5 Å². The molecule has 1 atom stereocenters. The average Bonchev–Trinajstić information content (AvgIpc) is 3.09. The van der Waals surface area contributed by atoms with Gasteiger partial charge in [-0.05, 0) is 12.8 Å². The van der Waals surface area contributed by atoms with Gasteiger partial charge in [-0.15, -0.1) is 0 Å². The van der Waals surface area contributed by atoms with Gasteiger partial charge >= 0.3 is 0 Å². The molecule has 1 aliphatic heterocycles. The van der Waals surface area contributed by atoms with Gasteiger partial charge in [0.2, 0.25) is 5.88 Å². The Labute approximate surface area is 135 Å². The molecule has 8 nitrogen and oxygen atoms in total. The van der Waals surface area contributed by atoms with Crippen LogP contribution in [0.1, 0.15) is 12.8 Å². The van der Waals surface area contributed by atoms with Crippen LogP contribution in [0.3, 0.4) is 0 Å². The van der Waals surface area contributed by atoms with E-state index in [9.17, 15) is 0 Å². The Hall–Kier alpha value is -2.64. The molecule has 1 aliphatic rings. The van der Waals surface area contributed by atoms with Crippen LogP contribution in [0.15, 0.2) is 24.8 Å². The lowest BCUT2D eigenvalue weighted by atomic mass is 10.2. The number of hydrogen-bond acceptors (Lipinski definition) is 8. The van der Waals surface area contributed by atoms with Crippen LogP contribution >= 0.6 is 0 Å². The van der Waals surface area contributed by atoms with Crippen molar-refractivity contribution < 1.29 is 4.74 Å². The summed E-state index contributed by atoms with van der Waals surface area (Å²) in [6.07, 6.45) is 5.36. The number of anilines is 3. The molecule has 0 bridgehead atoms. The van der Waals surface area contributed by atoms with Crippen molar-refractivity contribution in [3.8, 4) is 5.88 Å². The number of methoxy groups -OCH3 is 1. The fourth-order valence-electron chi connectivity index (χ4n) is 2.76. The second-order valence-electron chi connectivity index (χ2n) is 5.33. The first-order valence-electron chi connectivity index (χ1n) is 7.66. The van der Waals surface area contributed by atoms with Crippen LogP contribution in [-0.4, -0.2) is 53.2 Å². The van der Waals surface area contributed by atoms with Crippen LogP contribution in [-0.2, 0) is 0 Å². The van der Waals surface area contributed by atoms with Crippen LogP contribution in [0.2, 0.25) is 0 Å². The molecule has 0 aliphatic carbocycles. The fourth-order valence-corrected chi connectivity index (χ4v) is 2.76. The highest BCUT2D eigenvalue weighted by Crippen LogP contribution is 2.25. The van der Waals surface area contributed by atoms with E-state index in [1.54, 1.807) is 19.5 Å². The minimum absolute atomic E-state index is 0.371. The molecule has 2 aromatic rings. The van der Waals surface area contributed by atoms with Crippen LogP contribution in [0.5, 0.6) is 5.88 Å². The van der Waals surface area contributed by atoms with Gasteiger partial charge in [-0.25, -0.2) is 19.9 Å². The lowest BCUT2D eigenvalue weighted by Crippen LogP contribution is -2.35. The molecule has 2 aromatic heterocycles. The monoisotopic (exact) mass is 315 g/mol. The van der Waals surface area contributed by atoms with E-state index in [0.29, 0.717) is 11.9 Å². The van der Waals surface area contributed by atoms with Crippen molar-refractivity contribution in [2.45, 2.75) is 18.9 Å². The molecular formula is C15H21N7O. The molecule has 8 heteroatoms. The smallest absolute Gasteiger partial charge is 0.218 e. The van der Waals surface area contributed by atoms with Gasteiger partial charge in [0.1, 0.15) is 30.1 Å². The maximum absolute atomic E-state index is 5.12. The molecule has 1 saturated heterocycles. The summed E-state index contributed by atoms with van der Waals surface area (Å²) < 4.78 is 5.12. The number of aromatic nitrogens is 4. The Kier molecular flexibility index (Phi) is 4.70. The van der Waals surface area contributed by atoms with E-state index in [-0.39, 0.29) is 0 Å². The number of nitrogens with zero attached hydrogens (tertiary/aromatic N) is 5. The van der Waals surface area contributed by atoms with Crippen molar-refractivity contribution in [2.75, 3.05) is 42.8 Å². The lowest BCUT2D eigenvalue weighted by Gasteiger charge is -2.26. The number of rotatable bonds is 6. The van der Waals surface area contributed by atoms with E-state index >= 15 is 0 Å². The van der Waals surface area contributed by atoms with Gasteiger partial charge in [-0.1, -0.05) is 0 Å². The molecular weight excluding hydrogens is 294 g/mol. The normalized spacial score (nSPS) is 17.1. The van der Waals surface area contributed by atoms with Crippen molar-refractivity contribution in [1.29, 1.82) is 0 Å². The van der Waals surface area contributed by atoms with Gasteiger partial charge in [-0.2, -0.15) is 0 Å². The van der Waals surface area contributed by atoms with E-state index in [4.69, 9.17) is 4.74 Å². The quantitative estimate of drug-likeness (QED) is 0.827. The molecule has 3 heterocycles. The largest absolute Gasteiger partial charge is 0.481 e. The standard InChI is InChI=1S/C15H21N7O/c1-16-12-6-14(20-9-18-12)22-5-3-4-11(22)8-17-13-7-15(23-2)21-10-19-13/h6-7,9-11H,3-5,8H2,1-2H3,(H,16,18,20)(H,17,19,21). The van der Waals surface area contributed by atoms with Gasteiger partial charge in [0.05, 0.1) is 7.11 Å². The molecule has 0 aromatic carbocycles. The van der Waals surface area contributed by atoms with Gasteiger partial charge in [0, 0.05) is 38.3 Å². The molecule has 122 valence electrons. The highest BCUT2D eigenvalue weighted by atomic mass is 16.5. The Morgan fingerprint density at radius 1 is 1.17 bits per heavy atom. The summed E-state index contributed by atoms with van der Waals surface area (Å²) in [4.78, 5) is 19.1. The summed E-state index contributed by atoms with van der Waals surface area (Å²) in [5.41, 5.74) is 0. The van der Waals surface area contributed by atoms with E-state index in [0.717, 1.165) is 43.4 Å². The topological polar surface area (TPSA) is 88.1 Å². The maximum atomic E-state index is 5.12. The van der Waals surface area contributed by atoms with Crippen molar-refractivity contribution in [3.63, 3.8) is 0 Å². The Bertz CT molecular complexity index is 651. The summed E-state index contributed by atoms with van der Waals surface area (Å²) >= 11 is 0. The zero-order chi connectivity index (χ0) is 16.1. The van der Waals surface area contributed by atoms with Crippen LogP contribution in [0, 0.1) is 0 Å². The molecule has 0 spiro atoms. The number of hydrogen-bond donors (Lipinski definition) is 2. The number of ether oxygens (including phenoxy) is 1. The second kappa shape index (κ2) is 7.08. The van der Waals surface area contributed by atoms with E-state index in [1.165, 1.54) is 6.33 Å². The molecule has 23 heavy (non-hydrogen) atoms. The zero-order valence-corrected chi connectivity index (χ0v) is 13.4. The Balaban J connectivity index is 1.66. The van der Waals surface area contributed by atoms with E-state index < -0.39 is 0 Å². The minimum atomic E-state index is 0.371. The zero-order valence-electron chi connectivity index (χ0n) is 13.4. The van der Waals surface area contributed by atoms with Gasteiger partial charge in [-0.3, -0.25) is 0 Å². The second-order valence-corrected chi connectivity index (χ2v) is 5.33. The first-order chi connectivity index (χ1) is 11.3. The first-order valence-corrected chi connectivity index (χ1v) is 7.66. The Morgan fingerprint density at radius 3 is 2.83 bits per heavy atom. The van der Waals surface area contributed by atoms with E-state index in [2.05, 4.69) is 35.5 Å². The molecule has 0 saturated carbocycles. The third-order valence-corrected chi connectivity index (χ3v) is 3.95. The molecule has 0 amide bonds. The van der Waals surface area contributed by atoms with Crippen molar-refractivity contribution in [1.82, 2.24) is 19.9 Å². The first kappa shape index (κ1) is 15.3. The van der Waals surface area contributed by atoms with Crippen LogP contribution < -0.4 is 20.3 Å². The molecule has 2 N–H and O–H groups in total. The third-order valence-electron chi connectivity index (χ3n) is 3.95. The van der Waals surface area contributed by atoms with Crippen molar-refractivity contribution in [2.24, 2.45) is 0 Å². The van der Waals surface area contributed by atoms with Gasteiger partial charge < -0.3 is 20.3 Å². The third kappa shape index (κ3) is 3.58. The van der Waals surface area contributed by atoms with E-state index in [1.807, 2.05) is 13.1 Å². The predicted octanol–water partition coefficient (Wildman–Crippen LogP) is 1.40. The number of nitrogens with one attached hydrogen (secondary N) is 2. The Morgan fingerprint density at radius 2 is 2.00 bits per heavy atom. The molecule has 1 unspecified atom stereocenters.